The first kappa shape index (κ1) is 11.9. The highest BCUT2D eigenvalue weighted by atomic mass is 16.3. The zero-order valence-electron chi connectivity index (χ0n) is 10.3. The van der Waals surface area contributed by atoms with Crippen LogP contribution in [-0.4, -0.2) is 17.6 Å². The monoisotopic (exact) mass is 233 g/mol. The lowest BCUT2D eigenvalue weighted by atomic mass is 10.0. The molecule has 92 valence electrons. The summed E-state index contributed by atoms with van der Waals surface area (Å²) in [6.45, 7) is 4.99. The third kappa shape index (κ3) is 2.77. The van der Waals surface area contributed by atoms with Gasteiger partial charge in [-0.15, -0.1) is 0 Å². The highest BCUT2D eigenvalue weighted by molar-refractivity contribution is 5.87. The Balaban J connectivity index is 2.19. The second-order valence-corrected chi connectivity index (χ2v) is 4.70. The molecular formula is C13H19N3O. The number of aromatic nitrogens is 1. The molecular weight excluding hydrogens is 214 g/mol. The number of fused-ring (bicyclic) bond motifs is 1. The molecule has 0 aliphatic carbocycles. The number of nitrogens with two attached hydrogens (primary N) is 1. The molecule has 1 atom stereocenters. The van der Waals surface area contributed by atoms with Crippen molar-refractivity contribution in [1.82, 2.24) is 4.98 Å². The van der Waals surface area contributed by atoms with Crippen LogP contribution in [0.2, 0.25) is 0 Å². The molecule has 4 nitrogen and oxygen atoms in total. The van der Waals surface area contributed by atoms with E-state index in [9.17, 15) is 0 Å². The van der Waals surface area contributed by atoms with E-state index in [2.05, 4.69) is 24.1 Å². The smallest absolute Gasteiger partial charge is 0.139 e. The van der Waals surface area contributed by atoms with Crippen LogP contribution in [0.4, 0.5) is 5.82 Å². The summed E-state index contributed by atoms with van der Waals surface area (Å²) in [4.78, 5) is 4.35. The molecule has 0 aliphatic rings. The molecule has 0 fully saturated rings. The Kier molecular flexibility index (Phi) is 3.64. The molecule has 2 rings (SSSR count). The van der Waals surface area contributed by atoms with Crippen molar-refractivity contribution in [1.29, 1.82) is 0 Å². The molecule has 0 radical (unpaired) electrons. The molecule has 0 saturated carbocycles. The Labute approximate surface area is 101 Å². The van der Waals surface area contributed by atoms with E-state index in [-0.39, 0.29) is 6.04 Å². The van der Waals surface area contributed by atoms with Gasteiger partial charge < -0.3 is 15.5 Å². The molecule has 0 saturated heterocycles. The minimum Gasteiger partial charge on any atom is -0.464 e. The van der Waals surface area contributed by atoms with E-state index in [4.69, 9.17) is 10.2 Å². The van der Waals surface area contributed by atoms with Crippen molar-refractivity contribution in [2.24, 2.45) is 11.7 Å². The van der Waals surface area contributed by atoms with Gasteiger partial charge in [-0.3, -0.25) is 0 Å². The Morgan fingerprint density at radius 1 is 1.41 bits per heavy atom. The van der Waals surface area contributed by atoms with Gasteiger partial charge in [-0.1, -0.05) is 13.8 Å². The highest BCUT2D eigenvalue weighted by Crippen LogP contribution is 2.23. The Morgan fingerprint density at radius 3 is 2.94 bits per heavy atom. The Hall–Kier alpha value is -1.55. The van der Waals surface area contributed by atoms with Crippen molar-refractivity contribution in [3.63, 3.8) is 0 Å². The van der Waals surface area contributed by atoms with Gasteiger partial charge in [0.25, 0.3) is 0 Å². The SMILES string of the molecule is CC(C)CC(CN)Nc1nccc2occc12. The zero-order valence-corrected chi connectivity index (χ0v) is 10.3. The summed E-state index contributed by atoms with van der Waals surface area (Å²) in [5, 5.41) is 4.40. The predicted octanol–water partition coefficient (Wildman–Crippen LogP) is 2.61. The number of anilines is 1. The summed E-state index contributed by atoms with van der Waals surface area (Å²) in [5.41, 5.74) is 6.62. The topological polar surface area (TPSA) is 64.1 Å². The highest BCUT2D eigenvalue weighted by Gasteiger charge is 2.12. The largest absolute Gasteiger partial charge is 0.464 e. The summed E-state index contributed by atoms with van der Waals surface area (Å²) in [6.07, 6.45) is 4.46. The summed E-state index contributed by atoms with van der Waals surface area (Å²) >= 11 is 0. The van der Waals surface area contributed by atoms with Gasteiger partial charge in [0.2, 0.25) is 0 Å². The maximum Gasteiger partial charge on any atom is 0.139 e. The molecule has 0 spiro atoms. The van der Waals surface area contributed by atoms with Crippen LogP contribution in [0.3, 0.4) is 0 Å². The van der Waals surface area contributed by atoms with Crippen LogP contribution in [0.15, 0.2) is 29.0 Å². The second kappa shape index (κ2) is 5.19. The second-order valence-electron chi connectivity index (χ2n) is 4.70. The Morgan fingerprint density at radius 2 is 2.24 bits per heavy atom. The van der Waals surface area contributed by atoms with Gasteiger partial charge in [0.05, 0.1) is 11.6 Å². The first-order valence-corrected chi connectivity index (χ1v) is 5.99. The van der Waals surface area contributed by atoms with Crippen molar-refractivity contribution in [2.75, 3.05) is 11.9 Å². The van der Waals surface area contributed by atoms with Crippen LogP contribution >= 0.6 is 0 Å². The van der Waals surface area contributed by atoms with Crippen molar-refractivity contribution in [3.05, 3.63) is 24.6 Å². The molecule has 2 aromatic heterocycles. The van der Waals surface area contributed by atoms with Gasteiger partial charge >= 0.3 is 0 Å². The number of hydrogen-bond acceptors (Lipinski definition) is 4. The van der Waals surface area contributed by atoms with Crippen LogP contribution in [0.25, 0.3) is 11.0 Å². The lowest BCUT2D eigenvalue weighted by molar-refractivity contribution is 0.521. The average molecular weight is 233 g/mol. The molecule has 2 aromatic rings. The zero-order chi connectivity index (χ0) is 12.3. The number of nitrogens with one attached hydrogen (secondary N) is 1. The molecule has 0 aliphatic heterocycles. The average Bonchev–Trinajstić information content (AvgIpc) is 2.76. The minimum atomic E-state index is 0.253. The third-order valence-electron chi connectivity index (χ3n) is 2.76. The van der Waals surface area contributed by atoms with Gasteiger partial charge in [-0.25, -0.2) is 4.98 Å². The van der Waals surface area contributed by atoms with E-state index in [0.29, 0.717) is 12.5 Å². The number of hydrogen-bond donors (Lipinski definition) is 2. The first-order chi connectivity index (χ1) is 8.20. The van der Waals surface area contributed by atoms with Crippen molar-refractivity contribution < 1.29 is 4.42 Å². The number of furan rings is 1. The maximum absolute atomic E-state index is 5.77. The molecule has 0 amide bonds. The van der Waals surface area contributed by atoms with E-state index < -0.39 is 0 Å². The molecule has 2 heterocycles. The van der Waals surface area contributed by atoms with Gasteiger partial charge in [-0.2, -0.15) is 0 Å². The fourth-order valence-corrected chi connectivity index (χ4v) is 1.99. The standard InChI is InChI=1S/C13H19N3O/c1-9(2)7-10(8-14)16-13-11-4-6-17-12(11)3-5-15-13/h3-6,9-10H,7-8,14H2,1-2H3,(H,15,16). The first-order valence-electron chi connectivity index (χ1n) is 5.99. The molecule has 0 bridgehead atoms. The predicted molar refractivity (Wildman–Crippen MR) is 69.9 cm³/mol. The van der Waals surface area contributed by atoms with Crippen LogP contribution in [0.1, 0.15) is 20.3 Å². The summed E-state index contributed by atoms with van der Waals surface area (Å²) in [7, 11) is 0. The molecule has 3 N–H and O–H groups in total. The minimum absolute atomic E-state index is 0.253. The lowest BCUT2D eigenvalue weighted by Gasteiger charge is -2.19. The number of rotatable bonds is 5. The van der Waals surface area contributed by atoms with Crippen LogP contribution in [0, 0.1) is 5.92 Å². The number of pyridine rings is 1. The van der Waals surface area contributed by atoms with Crippen molar-refractivity contribution in [3.8, 4) is 0 Å². The quantitative estimate of drug-likeness (QED) is 0.833. The summed E-state index contributed by atoms with van der Waals surface area (Å²) < 4.78 is 5.34. The van der Waals surface area contributed by atoms with Crippen LogP contribution in [0.5, 0.6) is 0 Å². The number of nitrogens with zero attached hydrogens (tertiary/aromatic N) is 1. The van der Waals surface area contributed by atoms with E-state index >= 15 is 0 Å². The summed E-state index contributed by atoms with van der Waals surface area (Å²) in [6, 6.07) is 4.04. The van der Waals surface area contributed by atoms with E-state index in [1.165, 1.54) is 0 Å². The van der Waals surface area contributed by atoms with Crippen molar-refractivity contribution >= 4 is 16.8 Å². The van der Waals surface area contributed by atoms with E-state index in [1.807, 2.05) is 12.1 Å². The molecule has 1 unspecified atom stereocenters. The van der Waals surface area contributed by atoms with E-state index in [1.54, 1.807) is 12.5 Å². The molecule has 4 heteroatoms. The van der Waals surface area contributed by atoms with Gasteiger partial charge in [0.15, 0.2) is 0 Å². The van der Waals surface area contributed by atoms with Gasteiger partial charge in [0.1, 0.15) is 11.4 Å². The third-order valence-corrected chi connectivity index (χ3v) is 2.76. The fourth-order valence-electron chi connectivity index (χ4n) is 1.99. The summed E-state index contributed by atoms with van der Waals surface area (Å²) in [5.74, 6) is 1.46. The fraction of sp³-hybridized carbons (Fsp3) is 0.462. The molecule has 0 aromatic carbocycles. The maximum atomic E-state index is 5.77. The van der Waals surface area contributed by atoms with Gasteiger partial charge in [0, 0.05) is 18.8 Å². The normalized spacial score (nSPS) is 13.2. The Bertz CT molecular complexity index is 478. The lowest BCUT2D eigenvalue weighted by Crippen LogP contribution is -2.30. The van der Waals surface area contributed by atoms with E-state index in [0.717, 1.165) is 23.2 Å². The molecule has 17 heavy (non-hydrogen) atoms. The van der Waals surface area contributed by atoms with Crippen molar-refractivity contribution in [2.45, 2.75) is 26.3 Å². The van der Waals surface area contributed by atoms with Crippen LogP contribution in [-0.2, 0) is 0 Å². The van der Waals surface area contributed by atoms with Crippen LogP contribution < -0.4 is 11.1 Å². The van der Waals surface area contributed by atoms with Gasteiger partial charge in [-0.05, 0) is 24.5 Å².